The molecule has 1 amide bonds. The Morgan fingerprint density at radius 1 is 1.56 bits per heavy atom. The van der Waals surface area contributed by atoms with Gasteiger partial charge in [-0.15, -0.1) is 0 Å². The van der Waals surface area contributed by atoms with Gasteiger partial charge in [0, 0.05) is 17.6 Å². The van der Waals surface area contributed by atoms with Crippen LogP contribution in [0.3, 0.4) is 0 Å². The minimum atomic E-state index is -0.966. The molecule has 1 saturated heterocycles. The highest BCUT2D eigenvalue weighted by molar-refractivity contribution is 9.10. The van der Waals surface area contributed by atoms with Gasteiger partial charge in [0.05, 0.1) is 11.3 Å². The second-order valence-electron chi connectivity index (χ2n) is 4.13. The van der Waals surface area contributed by atoms with E-state index in [2.05, 4.69) is 21.2 Å². The molecule has 0 radical (unpaired) electrons. The summed E-state index contributed by atoms with van der Waals surface area (Å²) in [5.74, 6) is -0.984. The summed E-state index contributed by atoms with van der Waals surface area (Å²) in [6.07, 6.45) is 0. The molecule has 1 atom stereocenters. The molecular formula is C12H13BrN2O3. The largest absolute Gasteiger partial charge is 0.478 e. The number of halogens is 1. The smallest absolute Gasteiger partial charge is 0.335 e. The first kappa shape index (κ1) is 12.9. The fraction of sp³-hybridized carbons (Fsp3) is 0.333. The summed E-state index contributed by atoms with van der Waals surface area (Å²) in [6, 6.07) is 4.56. The number of amides is 1. The van der Waals surface area contributed by atoms with Crippen LogP contribution in [0, 0.1) is 0 Å². The second kappa shape index (κ2) is 4.97. The molecule has 6 heteroatoms. The minimum Gasteiger partial charge on any atom is -0.478 e. The van der Waals surface area contributed by atoms with Gasteiger partial charge in [0.2, 0.25) is 5.91 Å². The minimum absolute atomic E-state index is 0.0181. The van der Waals surface area contributed by atoms with Gasteiger partial charge in [0.25, 0.3) is 0 Å². The van der Waals surface area contributed by atoms with E-state index in [1.54, 1.807) is 18.2 Å². The Kier molecular flexibility index (Phi) is 3.56. The Hall–Kier alpha value is -1.56. The summed E-state index contributed by atoms with van der Waals surface area (Å²) in [5.41, 5.74) is 1.06. The molecular weight excluding hydrogens is 300 g/mol. The van der Waals surface area contributed by atoms with Gasteiger partial charge in [-0.25, -0.2) is 4.79 Å². The average molecular weight is 313 g/mol. The van der Waals surface area contributed by atoms with Gasteiger partial charge in [0.15, 0.2) is 0 Å². The van der Waals surface area contributed by atoms with Gasteiger partial charge < -0.3 is 15.3 Å². The van der Waals surface area contributed by atoms with E-state index in [0.717, 1.165) is 5.69 Å². The van der Waals surface area contributed by atoms with Crippen LogP contribution < -0.4 is 10.2 Å². The Labute approximate surface area is 113 Å². The number of aromatic carboxylic acids is 1. The zero-order valence-electron chi connectivity index (χ0n) is 9.81. The molecule has 18 heavy (non-hydrogen) atoms. The van der Waals surface area contributed by atoms with Gasteiger partial charge in [-0.2, -0.15) is 0 Å². The maximum atomic E-state index is 11.6. The number of anilines is 1. The third-order valence-corrected chi connectivity index (χ3v) is 3.64. The molecule has 1 heterocycles. The fourth-order valence-corrected chi connectivity index (χ4v) is 2.59. The fourth-order valence-electron chi connectivity index (χ4n) is 1.98. The topological polar surface area (TPSA) is 69.6 Å². The molecule has 1 aliphatic heterocycles. The molecule has 0 aromatic heterocycles. The molecule has 1 aromatic carbocycles. The van der Waals surface area contributed by atoms with Crippen molar-refractivity contribution in [3.05, 3.63) is 28.2 Å². The first-order valence-electron chi connectivity index (χ1n) is 5.58. The predicted octanol–water partition coefficient (Wildman–Crippen LogP) is 1.47. The molecule has 1 fully saturated rings. The van der Waals surface area contributed by atoms with Crippen molar-refractivity contribution in [3.8, 4) is 0 Å². The molecule has 0 saturated carbocycles. The number of carboxylic acid groups (broad SMARTS) is 1. The van der Waals surface area contributed by atoms with Crippen LogP contribution in [0.4, 0.5) is 5.69 Å². The molecule has 1 aliphatic rings. The van der Waals surface area contributed by atoms with Crippen molar-refractivity contribution in [1.29, 1.82) is 0 Å². The summed E-state index contributed by atoms with van der Waals surface area (Å²) in [4.78, 5) is 24.4. The Balaban J connectivity index is 2.33. The van der Waals surface area contributed by atoms with Gasteiger partial charge in [-0.3, -0.25) is 4.79 Å². The van der Waals surface area contributed by atoms with Crippen molar-refractivity contribution in [3.63, 3.8) is 0 Å². The van der Waals surface area contributed by atoms with E-state index in [9.17, 15) is 9.59 Å². The van der Waals surface area contributed by atoms with Crippen molar-refractivity contribution >= 4 is 33.5 Å². The molecule has 1 unspecified atom stereocenters. The number of nitrogens with zero attached hydrogens (tertiary/aromatic N) is 1. The normalized spacial score (nSPS) is 19.6. The highest BCUT2D eigenvalue weighted by atomic mass is 79.9. The number of carboxylic acids is 1. The Morgan fingerprint density at radius 2 is 2.28 bits per heavy atom. The third-order valence-electron chi connectivity index (χ3n) is 3.00. The van der Waals surface area contributed by atoms with Gasteiger partial charge >= 0.3 is 5.97 Å². The van der Waals surface area contributed by atoms with Crippen molar-refractivity contribution in [2.45, 2.75) is 13.0 Å². The molecule has 1 aromatic rings. The maximum absolute atomic E-state index is 11.6. The first-order chi connectivity index (χ1) is 8.50. The SMILES string of the molecule is CC1C(=O)NCCN1c1ccc(C(=O)O)cc1Br. The van der Waals surface area contributed by atoms with Gasteiger partial charge in [-0.05, 0) is 41.1 Å². The third kappa shape index (κ3) is 2.33. The summed E-state index contributed by atoms with van der Waals surface area (Å²) in [7, 11) is 0. The lowest BCUT2D eigenvalue weighted by atomic mass is 10.1. The standard InChI is InChI=1S/C12H13BrN2O3/c1-7-11(16)14-4-5-15(7)10-3-2-8(12(17)18)6-9(10)13/h2-3,6-7H,4-5H2,1H3,(H,14,16)(H,17,18). The lowest BCUT2D eigenvalue weighted by Gasteiger charge is -2.35. The summed E-state index contributed by atoms with van der Waals surface area (Å²) in [6.45, 7) is 3.13. The van der Waals surface area contributed by atoms with E-state index < -0.39 is 5.97 Å². The molecule has 0 spiro atoms. The Bertz CT molecular complexity index is 504. The zero-order valence-corrected chi connectivity index (χ0v) is 11.4. The molecule has 0 aliphatic carbocycles. The number of hydrogen-bond acceptors (Lipinski definition) is 3. The van der Waals surface area contributed by atoms with Crippen LogP contribution in [0.15, 0.2) is 22.7 Å². The molecule has 0 bridgehead atoms. The van der Waals surface area contributed by atoms with Crippen LogP contribution in [0.2, 0.25) is 0 Å². The van der Waals surface area contributed by atoms with E-state index in [1.807, 2.05) is 11.8 Å². The molecule has 2 N–H and O–H groups in total. The van der Waals surface area contributed by atoms with Crippen LogP contribution in [0.1, 0.15) is 17.3 Å². The monoisotopic (exact) mass is 312 g/mol. The highest BCUT2D eigenvalue weighted by Crippen LogP contribution is 2.29. The van der Waals surface area contributed by atoms with Crippen LogP contribution in [-0.2, 0) is 4.79 Å². The number of benzene rings is 1. The van der Waals surface area contributed by atoms with Crippen LogP contribution in [0.5, 0.6) is 0 Å². The van der Waals surface area contributed by atoms with Gasteiger partial charge in [-0.1, -0.05) is 0 Å². The van der Waals surface area contributed by atoms with E-state index in [0.29, 0.717) is 17.6 Å². The molecule has 96 valence electrons. The maximum Gasteiger partial charge on any atom is 0.335 e. The lowest BCUT2D eigenvalue weighted by molar-refractivity contribution is -0.122. The second-order valence-corrected chi connectivity index (χ2v) is 4.99. The lowest BCUT2D eigenvalue weighted by Crippen LogP contribution is -2.54. The quantitative estimate of drug-likeness (QED) is 0.867. The van der Waals surface area contributed by atoms with Crippen LogP contribution >= 0.6 is 15.9 Å². The first-order valence-corrected chi connectivity index (χ1v) is 6.37. The molecule has 5 nitrogen and oxygen atoms in total. The number of nitrogens with one attached hydrogen (secondary N) is 1. The number of carbonyl (C=O) groups excluding carboxylic acids is 1. The van der Waals surface area contributed by atoms with E-state index in [1.165, 1.54) is 0 Å². The summed E-state index contributed by atoms with van der Waals surface area (Å²) in [5, 5.41) is 11.7. The average Bonchev–Trinajstić information content (AvgIpc) is 2.33. The van der Waals surface area contributed by atoms with Crippen molar-refractivity contribution in [2.24, 2.45) is 0 Å². The number of hydrogen-bond donors (Lipinski definition) is 2. The zero-order chi connectivity index (χ0) is 13.3. The summed E-state index contributed by atoms with van der Waals surface area (Å²) < 4.78 is 0.684. The van der Waals surface area contributed by atoms with Crippen molar-refractivity contribution < 1.29 is 14.7 Å². The molecule has 2 rings (SSSR count). The van der Waals surface area contributed by atoms with Crippen LogP contribution in [0.25, 0.3) is 0 Å². The van der Waals surface area contributed by atoms with Crippen molar-refractivity contribution in [2.75, 3.05) is 18.0 Å². The number of rotatable bonds is 2. The highest BCUT2D eigenvalue weighted by Gasteiger charge is 2.26. The Morgan fingerprint density at radius 3 is 2.89 bits per heavy atom. The van der Waals surface area contributed by atoms with Gasteiger partial charge in [0.1, 0.15) is 6.04 Å². The predicted molar refractivity (Wildman–Crippen MR) is 70.9 cm³/mol. The van der Waals surface area contributed by atoms with E-state index >= 15 is 0 Å². The van der Waals surface area contributed by atoms with Crippen LogP contribution in [-0.4, -0.2) is 36.1 Å². The van der Waals surface area contributed by atoms with Crippen molar-refractivity contribution in [1.82, 2.24) is 5.32 Å². The summed E-state index contributed by atoms with van der Waals surface area (Å²) >= 11 is 3.36. The van der Waals surface area contributed by atoms with E-state index in [-0.39, 0.29) is 17.5 Å². The number of piperazine rings is 1. The van der Waals surface area contributed by atoms with E-state index in [4.69, 9.17) is 5.11 Å². The number of carbonyl (C=O) groups is 2.